The lowest BCUT2D eigenvalue weighted by atomic mass is 10.1. The fraction of sp³-hybridized carbons (Fsp3) is 0.455. The first kappa shape index (κ1) is 19.7. The highest BCUT2D eigenvalue weighted by atomic mass is 35.5. The van der Waals surface area contributed by atoms with E-state index >= 15 is 0 Å². The zero-order chi connectivity index (χ0) is 19.1. The number of hydrogen-bond donors (Lipinski definition) is 2. The molecule has 5 heteroatoms. The zero-order valence-corrected chi connectivity index (χ0v) is 16.8. The van der Waals surface area contributed by atoms with Gasteiger partial charge in [-0.25, -0.2) is 0 Å². The van der Waals surface area contributed by atoms with E-state index in [1.165, 1.54) is 57.3 Å². The largest absolute Gasteiger partial charge is 0.399 e. The van der Waals surface area contributed by atoms with Crippen LogP contribution in [-0.4, -0.2) is 26.2 Å². The topological polar surface area (TPSA) is 58.5 Å². The molecule has 4 nitrogen and oxygen atoms in total. The van der Waals surface area contributed by atoms with E-state index < -0.39 is 0 Å². The molecule has 146 valence electrons. The number of hydrogen-bond acceptors (Lipinski definition) is 4. The van der Waals surface area contributed by atoms with Gasteiger partial charge in [-0.3, -0.25) is 0 Å². The summed E-state index contributed by atoms with van der Waals surface area (Å²) in [4.78, 5) is 4.76. The second-order valence-corrected chi connectivity index (χ2v) is 7.83. The van der Waals surface area contributed by atoms with Gasteiger partial charge in [-0.1, -0.05) is 17.7 Å². The summed E-state index contributed by atoms with van der Waals surface area (Å²) >= 11 is 5.86. The van der Waals surface area contributed by atoms with Gasteiger partial charge in [-0.2, -0.15) is 0 Å². The Kier molecular flexibility index (Phi) is 7.11. The molecule has 0 spiro atoms. The Hall–Kier alpha value is -2.07. The van der Waals surface area contributed by atoms with Gasteiger partial charge in [0.2, 0.25) is 0 Å². The third-order valence-corrected chi connectivity index (χ3v) is 5.51. The van der Waals surface area contributed by atoms with E-state index in [2.05, 4.69) is 21.9 Å². The normalized spacial score (nSPS) is 17.2. The molecule has 2 saturated heterocycles. The van der Waals surface area contributed by atoms with Crippen molar-refractivity contribution in [3.8, 4) is 0 Å². The molecule has 0 amide bonds. The number of anilines is 4. The number of benzene rings is 2. The van der Waals surface area contributed by atoms with Gasteiger partial charge in [-0.05, 0) is 74.9 Å². The van der Waals surface area contributed by atoms with E-state index in [-0.39, 0.29) is 0 Å². The minimum atomic E-state index is 0.711. The lowest BCUT2D eigenvalue weighted by Gasteiger charge is -2.29. The van der Waals surface area contributed by atoms with E-state index in [0.717, 1.165) is 30.2 Å². The van der Waals surface area contributed by atoms with Crippen LogP contribution in [-0.2, 0) is 0 Å². The number of nitrogens with two attached hydrogens (primary N) is 2. The van der Waals surface area contributed by atoms with Crippen molar-refractivity contribution >= 4 is 34.4 Å². The van der Waals surface area contributed by atoms with Crippen molar-refractivity contribution in [2.75, 3.05) is 47.4 Å². The van der Waals surface area contributed by atoms with Crippen LogP contribution in [0.25, 0.3) is 0 Å². The fourth-order valence-corrected chi connectivity index (χ4v) is 4.00. The molecule has 0 saturated carbocycles. The first-order valence-corrected chi connectivity index (χ1v) is 10.4. The van der Waals surface area contributed by atoms with Gasteiger partial charge in [0.05, 0.1) is 11.4 Å². The summed E-state index contributed by atoms with van der Waals surface area (Å²) in [5.74, 6) is 0. The van der Waals surface area contributed by atoms with Gasteiger partial charge in [0.1, 0.15) is 0 Å². The van der Waals surface area contributed by atoms with Crippen molar-refractivity contribution in [2.24, 2.45) is 0 Å². The molecule has 2 aliphatic rings. The van der Waals surface area contributed by atoms with Crippen molar-refractivity contribution < 1.29 is 0 Å². The Labute approximate surface area is 168 Å². The average molecular weight is 387 g/mol. The lowest BCUT2D eigenvalue weighted by Crippen LogP contribution is -2.29. The molecular formula is C22H31ClN4. The smallest absolute Gasteiger partial charge is 0.0600 e. The quantitative estimate of drug-likeness (QED) is 0.699. The van der Waals surface area contributed by atoms with E-state index in [4.69, 9.17) is 23.1 Å². The highest BCUT2D eigenvalue weighted by Crippen LogP contribution is 2.28. The molecule has 4 rings (SSSR count). The summed E-state index contributed by atoms with van der Waals surface area (Å²) in [6.07, 6.45) is 7.87. The summed E-state index contributed by atoms with van der Waals surface area (Å²) < 4.78 is 0. The van der Waals surface area contributed by atoms with Crippen molar-refractivity contribution in [1.29, 1.82) is 0 Å². The van der Waals surface area contributed by atoms with Crippen molar-refractivity contribution in [3.63, 3.8) is 0 Å². The predicted octanol–water partition coefficient (Wildman–Crippen LogP) is 5.17. The van der Waals surface area contributed by atoms with Crippen LogP contribution in [0.15, 0.2) is 42.5 Å². The monoisotopic (exact) mass is 386 g/mol. The Bertz CT molecular complexity index is 722. The zero-order valence-electron chi connectivity index (χ0n) is 16.0. The first-order valence-electron chi connectivity index (χ1n) is 10.0. The molecule has 0 aliphatic carbocycles. The molecule has 4 N–H and O–H groups in total. The lowest BCUT2D eigenvalue weighted by molar-refractivity contribution is 0.578. The molecule has 0 unspecified atom stereocenters. The average Bonchev–Trinajstić information content (AvgIpc) is 2.70. The summed E-state index contributed by atoms with van der Waals surface area (Å²) in [5.41, 5.74) is 15.7. The van der Waals surface area contributed by atoms with Gasteiger partial charge in [0.15, 0.2) is 0 Å². The summed E-state index contributed by atoms with van der Waals surface area (Å²) in [7, 11) is 0. The SMILES string of the molecule is Nc1cc(Cl)ccc1N1CCCCC1.Nc1cccc(N2CCCCC2)c1. The van der Waals surface area contributed by atoms with Crippen LogP contribution >= 0.6 is 11.6 Å². The molecule has 0 radical (unpaired) electrons. The second kappa shape index (κ2) is 9.75. The number of rotatable bonds is 2. The molecular weight excluding hydrogens is 356 g/mol. The van der Waals surface area contributed by atoms with E-state index in [9.17, 15) is 0 Å². The first-order chi connectivity index (χ1) is 13.1. The Morgan fingerprint density at radius 1 is 0.704 bits per heavy atom. The van der Waals surface area contributed by atoms with Gasteiger partial charge in [0, 0.05) is 42.6 Å². The van der Waals surface area contributed by atoms with Gasteiger partial charge in [0.25, 0.3) is 0 Å². The van der Waals surface area contributed by atoms with E-state index in [0.29, 0.717) is 5.02 Å². The molecule has 27 heavy (non-hydrogen) atoms. The molecule has 2 aromatic carbocycles. The molecule has 2 aromatic rings. The van der Waals surface area contributed by atoms with Crippen molar-refractivity contribution in [2.45, 2.75) is 38.5 Å². The fourth-order valence-electron chi connectivity index (χ4n) is 3.82. The highest BCUT2D eigenvalue weighted by molar-refractivity contribution is 6.31. The third kappa shape index (κ3) is 5.70. The van der Waals surface area contributed by atoms with Crippen LogP contribution < -0.4 is 21.3 Å². The summed E-state index contributed by atoms with van der Waals surface area (Å²) in [6, 6.07) is 13.9. The van der Waals surface area contributed by atoms with Crippen molar-refractivity contribution in [3.05, 3.63) is 47.5 Å². The van der Waals surface area contributed by atoms with Crippen LogP contribution in [0.3, 0.4) is 0 Å². The molecule has 0 aromatic heterocycles. The third-order valence-electron chi connectivity index (χ3n) is 5.28. The van der Waals surface area contributed by atoms with Crippen molar-refractivity contribution in [1.82, 2.24) is 0 Å². The van der Waals surface area contributed by atoms with Gasteiger partial charge >= 0.3 is 0 Å². The van der Waals surface area contributed by atoms with E-state index in [1.54, 1.807) is 0 Å². The van der Waals surface area contributed by atoms with Gasteiger partial charge in [-0.15, -0.1) is 0 Å². The number of piperidine rings is 2. The van der Waals surface area contributed by atoms with E-state index in [1.807, 2.05) is 30.3 Å². The van der Waals surface area contributed by atoms with Crippen LogP contribution in [0.4, 0.5) is 22.7 Å². The second-order valence-electron chi connectivity index (χ2n) is 7.39. The minimum absolute atomic E-state index is 0.711. The highest BCUT2D eigenvalue weighted by Gasteiger charge is 2.13. The number of nitrogens with zero attached hydrogens (tertiary/aromatic N) is 2. The Morgan fingerprint density at radius 2 is 1.33 bits per heavy atom. The molecule has 2 heterocycles. The molecule has 2 fully saturated rings. The molecule has 2 aliphatic heterocycles. The van der Waals surface area contributed by atoms with Gasteiger partial charge < -0.3 is 21.3 Å². The van der Waals surface area contributed by atoms with Crippen LogP contribution in [0.2, 0.25) is 5.02 Å². The maximum Gasteiger partial charge on any atom is 0.0600 e. The van der Waals surface area contributed by atoms with Crippen LogP contribution in [0.5, 0.6) is 0 Å². The standard InChI is InChI=1S/C11H15ClN2.C11H16N2/c12-9-4-5-11(10(13)8-9)14-6-2-1-3-7-14;12-10-5-4-6-11(9-10)13-7-2-1-3-8-13/h4-5,8H,1-3,6-7,13H2;4-6,9H,1-3,7-8,12H2. The summed E-state index contributed by atoms with van der Waals surface area (Å²) in [6.45, 7) is 4.60. The summed E-state index contributed by atoms with van der Waals surface area (Å²) in [5, 5.41) is 0.711. The number of nitrogen functional groups attached to an aromatic ring is 2. The maximum absolute atomic E-state index is 5.93. The minimum Gasteiger partial charge on any atom is -0.399 e. The Balaban J connectivity index is 0.000000156. The maximum atomic E-state index is 5.93. The number of halogens is 1. The van der Waals surface area contributed by atoms with Crippen LogP contribution in [0, 0.1) is 0 Å². The predicted molar refractivity (Wildman–Crippen MR) is 119 cm³/mol. The molecule has 0 bridgehead atoms. The molecule has 0 atom stereocenters. The van der Waals surface area contributed by atoms with Crippen LogP contribution in [0.1, 0.15) is 38.5 Å². The Morgan fingerprint density at radius 3 is 1.93 bits per heavy atom.